The van der Waals surface area contributed by atoms with Gasteiger partial charge in [0.1, 0.15) is 23.9 Å². The number of ether oxygens (including phenoxy) is 2. The highest BCUT2D eigenvalue weighted by Gasteiger charge is 2.13. The minimum atomic E-state index is -0.600. The number of benzene rings is 2. The molecule has 0 aliphatic heterocycles. The highest BCUT2D eigenvalue weighted by Crippen LogP contribution is 2.22. The van der Waals surface area contributed by atoms with Crippen LogP contribution in [0.15, 0.2) is 71.1 Å². The maximum atomic E-state index is 12.0. The Morgan fingerprint density at radius 1 is 0.893 bits per heavy atom. The van der Waals surface area contributed by atoms with E-state index in [2.05, 4.69) is 10.9 Å². The lowest BCUT2D eigenvalue weighted by molar-refractivity contribution is -0.123. The summed E-state index contributed by atoms with van der Waals surface area (Å²) in [5.74, 6) is 0.432. The number of hydrogen-bond acceptors (Lipinski definition) is 5. The fourth-order valence-corrected chi connectivity index (χ4v) is 2.37. The maximum Gasteiger partial charge on any atom is 0.305 e. The van der Waals surface area contributed by atoms with Crippen LogP contribution in [0.1, 0.15) is 16.3 Å². The zero-order valence-corrected chi connectivity index (χ0v) is 15.4. The monoisotopic (exact) mass is 400 g/mol. The first-order valence-corrected chi connectivity index (χ1v) is 8.72. The van der Waals surface area contributed by atoms with Crippen molar-refractivity contribution in [3.63, 3.8) is 0 Å². The largest absolute Gasteiger partial charge is 0.486 e. The lowest BCUT2D eigenvalue weighted by atomic mass is 10.3. The summed E-state index contributed by atoms with van der Waals surface area (Å²) in [5, 5.41) is 0.389. The molecule has 8 heteroatoms. The van der Waals surface area contributed by atoms with Gasteiger partial charge < -0.3 is 13.9 Å². The van der Waals surface area contributed by atoms with Gasteiger partial charge in [0.05, 0.1) is 5.02 Å². The molecule has 3 aromatic rings. The second-order valence-electron chi connectivity index (χ2n) is 5.59. The molecule has 3 rings (SSSR count). The van der Waals surface area contributed by atoms with Gasteiger partial charge >= 0.3 is 5.91 Å². The summed E-state index contributed by atoms with van der Waals surface area (Å²) in [6, 6.07) is 19.1. The first-order chi connectivity index (χ1) is 13.6. The number of rotatable bonds is 7. The van der Waals surface area contributed by atoms with Gasteiger partial charge in [-0.1, -0.05) is 41.9 Å². The van der Waals surface area contributed by atoms with Crippen molar-refractivity contribution < 1.29 is 23.5 Å². The minimum absolute atomic E-state index is 0.0407. The van der Waals surface area contributed by atoms with Crippen molar-refractivity contribution in [2.45, 2.75) is 6.61 Å². The van der Waals surface area contributed by atoms with E-state index in [0.29, 0.717) is 22.3 Å². The van der Waals surface area contributed by atoms with Crippen molar-refractivity contribution in [2.24, 2.45) is 0 Å². The molecule has 0 spiro atoms. The molecule has 28 heavy (non-hydrogen) atoms. The number of carbonyl (C=O) groups excluding carboxylic acids is 2. The molecule has 0 saturated heterocycles. The number of halogens is 1. The van der Waals surface area contributed by atoms with Crippen LogP contribution in [0, 0.1) is 0 Å². The van der Waals surface area contributed by atoms with E-state index in [1.54, 1.807) is 30.3 Å². The van der Waals surface area contributed by atoms with Gasteiger partial charge in [-0.15, -0.1) is 0 Å². The molecule has 0 unspecified atom stereocenters. The van der Waals surface area contributed by atoms with Gasteiger partial charge in [0, 0.05) is 0 Å². The lowest BCUT2D eigenvalue weighted by Gasteiger charge is -2.09. The molecule has 0 aliphatic carbocycles. The molecule has 2 aromatic carbocycles. The van der Waals surface area contributed by atoms with Crippen LogP contribution in [0.25, 0.3) is 0 Å². The number of hydrogen-bond donors (Lipinski definition) is 2. The highest BCUT2D eigenvalue weighted by molar-refractivity contribution is 6.32. The van der Waals surface area contributed by atoms with Crippen LogP contribution in [-0.2, 0) is 11.4 Å². The number of amides is 2. The van der Waals surface area contributed by atoms with E-state index >= 15 is 0 Å². The van der Waals surface area contributed by atoms with Crippen molar-refractivity contribution in [1.29, 1.82) is 0 Å². The van der Waals surface area contributed by atoms with Crippen LogP contribution < -0.4 is 20.3 Å². The zero-order chi connectivity index (χ0) is 19.8. The standard InChI is InChI=1S/C20H17ClN2O5/c21-16-8-4-5-9-17(16)27-13-19(24)22-23-20(25)18-11-10-15(28-18)12-26-14-6-2-1-3-7-14/h1-11H,12-13H2,(H,22,24)(H,23,25). The van der Waals surface area contributed by atoms with Gasteiger partial charge in [0.2, 0.25) is 0 Å². The predicted molar refractivity (Wildman–Crippen MR) is 102 cm³/mol. The van der Waals surface area contributed by atoms with Crippen LogP contribution in [0.4, 0.5) is 0 Å². The summed E-state index contributed by atoms with van der Waals surface area (Å²) < 4.78 is 16.2. The van der Waals surface area contributed by atoms with Crippen molar-refractivity contribution in [1.82, 2.24) is 10.9 Å². The van der Waals surface area contributed by atoms with Crippen LogP contribution in [0.3, 0.4) is 0 Å². The van der Waals surface area contributed by atoms with Gasteiger partial charge in [-0.25, -0.2) is 0 Å². The zero-order valence-electron chi connectivity index (χ0n) is 14.7. The van der Waals surface area contributed by atoms with E-state index in [0.717, 1.165) is 0 Å². The van der Waals surface area contributed by atoms with Crippen LogP contribution >= 0.6 is 11.6 Å². The van der Waals surface area contributed by atoms with E-state index in [9.17, 15) is 9.59 Å². The van der Waals surface area contributed by atoms with Gasteiger partial charge in [-0.2, -0.15) is 0 Å². The summed E-state index contributed by atoms with van der Waals surface area (Å²) >= 11 is 5.93. The first kappa shape index (κ1) is 19.3. The highest BCUT2D eigenvalue weighted by atomic mass is 35.5. The third-order valence-electron chi connectivity index (χ3n) is 3.52. The molecule has 2 amide bonds. The second-order valence-corrected chi connectivity index (χ2v) is 6.00. The molecule has 1 aromatic heterocycles. The Kier molecular flexibility index (Phi) is 6.54. The minimum Gasteiger partial charge on any atom is -0.486 e. The second kappa shape index (κ2) is 9.48. The van der Waals surface area contributed by atoms with Crippen molar-refractivity contribution in [2.75, 3.05) is 6.61 Å². The van der Waals surface area contributed by atoms with E-state index < -0.39 is 11.8 Å². The summed E-state index contributed by atoms with van der Waals surface area (Å²) in [5.41, 5.74) is 4.49. The summed E-state index contributed by atoms with van der Waals surface area (Å²) in [4.78, 5) is 23.8. The maximum absolute atomic E-state index is 12.0. The molecule has 1 heterocycles. The Morgan fingerprint density at radius 3 is 2.43 bits per heavy atom. The van der Waals surface area contributed by atoms with Crippen LogP contribution in [0.2, 0.25) is 5.02 Å². The number of carbonyl (C=O) groups is 2. The van der Waals surface area contributed by atoms with Crippen LogP contribution in [-0.4, -0.2) is 18.4 Å². The molecule has 0 aliphatic rings. The predicted octanol–water partition coefficient (Wildman–Crippen LogP) is 3.35. The third kappa shape index (κ3) is 5.52. The molecule has 144 valence electrons. The molecular formula is C20H17ClN2O5. The Morgan fingerprint density at radius 2 is 1.64 bits per heavy atom. The number of nitrogens with one attached hydrogen (secondary N) is 2. The van der Waals surface area contributed by atoms with Gasteiger partial charge in [-0.05, 0) is 36.4 Å². The van der Waals surface area contributed by atoms with Crippen molar-refractivity contribution in [3.05, 3.63) is 83.3 Å². The van der Waals surface area contributed by atoms with Gasteiger partial charge in [0.15, 0.2) is 12.4 Å². The van der Waals surface area contributed by atoms with Crippen molar-refractivity contribution >= 4 is 23.4 Å². The third-order valence-corrected chi connectivity index (χ3v) is 3.83. The molecule has 0 fully saturated rings. The smallest absolute Gasteiger partial charge is 0.305 e. The topological polar surface area (TPSA) is 89.8 Å². The van der Waals surface area contributed by atoms with E-state index in [-0.39, 0.29) is 19.0 Å². The average Bonchev–Trinajstić information content (AvgIpc) is 3.20. The van der Waals surface area contributed by atoms with Gasteiger partial charge in [-0.3, -0.25) is 20.4 Å². The van der Waals surface area contributed by atoms with E-state index in [4.69, 9.17) is 25.5 Å². The van der Waals surface area contributed by atoms with Crippen LogP contribution in [0.5, 0.6) is 11.5 Å². The first-order valence-electron chi connectivity index (χ1n) is 8.35. The fraction of sp³-hybridized carbons (Fsp3) is 0.100. The molecule has 0 radical (unpaired) electrons. The fourth-order valence-electron chi connectivity index (χ4n) is 2.18. The quantitative estimate of drug-likeness (QED) is 0.593. The summed E-state index contributed by atoms with van der Waals surface area (Å²) in [6.45, 7) is -0.131. The number of furan rings is 1. The molecule has 0 atom stereocenters. The molecular weight excluding hydrogens is 384 g/mol. The molecule has 2 N–H and O–H groups in total. The summed E-state index contributed by atoms with van der Waals surface area (Å²) in [6.07, 6.45) is 0. The molecule has 7 nitrogen and oxygen atoms in total. The molecule has 0 saturated carbocycles. The van der Waals surface area contributed by atoms with Crippen molar-refractivity contribution in [3.8, 4) is 11.5 Å². The van der Waals surface area contributed by atoms with E-state index in [1.165, 1.54) is 6.07 Å². The SMILES string of the molecule is O=C(COc1ccccc1Cl)NNC(=O)c1ccc(COc2ccccc2)o1. The Labute approximate surface area is 166 Å². The van der Waals surface area contributed by atoms with Gasteiger partial charge in [0.25, 0.3) is 5.91 Å². The summed E-state index contributed by atoms with van der Waals surface area (Å²) in [7, 11) is 0. The average molecular weight is 401 g/mol. The lowest BCUT2D eigenvalue weighted by Crippen LogP contribution is -2.43. The molecule has 0 bridgehead atoms. The Bertz CT molecular complexity index is 943. The number of hydrazine groups is 1. The van der Waals surface area contributed by atoms with E-state index in [1.807, 2.05) is 30.3 Å². The Hall–Kier alpha value is -3.45. The normalized spacial score (nSPS) is 10.2. The Balaban J connectivity index is 1.42. The number of para-hydroxylation sites is 2.